The van der Waals surface area contributed by atoms with Crippen LogP contribution in [0.5, 0.6) is 0 Å². The Morgan fingerprint density at radius 1 is 1.06 bits per heavy atom. The fraction of sp³-hybridized carbons (Fsp3) is 0.267. The van der Waals surface area contributed by atoms with E-state index in [1.807, 2.05) is 30.3 Å². The van der Waals surface area contributed by atoms with Crippen LogP contribution in [0.2, 0.25) is 5.02 Å². The summed E-state index contributed by atoms with van der Waals surface area (Å²) in [5.74, 6) is 0. The molecule has 1 aliphatic carbocycles. The van der Waals surface area contributed by atoms with Gasteiger partial charge in [0.05, 0.1) is 5.02 Å². The molecule has 0 bridgehead atoms. The number of pyridine rings is 1. The molecule has 0 radical (unpaired) electrons. The van der Waals surface area contributed by atoms with Crippen LogP contribution in [0.3, 0.4) is 0 Å². The van der Waals surface area contributed by atoms with Gasteiger partial charge >= 0.3 is 0 Å². The van der Waals surface area contributed by atoms with Crippen molar-refractivity contribution < 1.29 is 0 Å². The van der Waals surface area contributed by atoms with E-state index in [2.05, 4.69) is 0 Å². The van der Waals surface area contributed by atoms with E-state index in [4.69, 9.17) is 11.6 Å². The molecule has 0 spiro atoms. The van der Waals surface area contributed by atoms with Crippen LogP contribution in [0, 0.1) is 0 Å². The molecule has 3 heteroatoms. The van der Waals surface area contributed by atoms with Crippen molar-refractivity contribution in [1.82, 2.24) is 4.57 Å². The fourth-order valence-corrected chi connectivity index (χ4v) is 2.94. The van der Waals surface area contributed by atoms with Crippen LogP contribution in [0.15, 0.2) is 41.2 Å². The van der Waals surface area contributed by atoms with Gasteiger partial charge in [-0.25, -0.2) is 0 Å². The number of hydrogen-bond donors (Lipinski definition) is 0. The van der Waals surface area contributed by atoms with Crippen molar-refractivity contribution in [3.63, 3.8) is 0 Å². The summed E-state index contributed by atoms with van der Waals surface area (Å²) in [6.45, 7) is 0. The highest BCUT2D eigenvalue weighted by atomic mass is 35.5. The molecule has 1 aromatic carbocycles. The average Bonchev–Trinajstić information content (AvgIpc) is 2.40. The van der Waals surface area contributed by atoms with E-state index in [-0.39, 0.29) is 5.56 Å². The minimum atomic E-state index is -0.0353. The molecule has 3 rings (SSSR count). The Morgan fingerprint density at radius 3 is 2.56 bits per heavy atom. The highest BCUT2D eigenvalue weighted by Gasteiger charge is 2.18. The van der Waals surface area contributed by atoms with E-state index >= 15 is 0 Å². The van der Waals surface area contributed by atoms with Gasteiger partial charge in [-0.15, -0.1) is 0 Å². The van der Waals surface area contributed by atoms with Gasteiger partial charge in [0.25, 0.3) is 5.56 Å². The summed E-state index contributed by atoms with van der Waals surface area (Å²) in [5.41, 5.74) is 3.13. The minimum absolute atomic E-state index is 0.0353. The molecule has 1 aliphatic rings. The van der Waals surface area contributed by atoms with Crippen LogP contribution in [0.4, 0.5) is 0 Å². The Hall–Kier alpha value is -1.54. The Kier molecular flexibility index (Phi) is 2.96. The lowest BCUT2D eigenvalue weighted by Crippen LogP contribution is -2.25. The van der Waals surface area contributed by atoms with Crippen LogP contribution >= 0.6 is 11.6 Å². The molecule has 0 fully saturated rings. The molecular weight excluding hydrogens is 246 g/mol. The van der Waals surface area contributed by atoms with Gasteiger partial charge in [-0.1, -0.05) is 29.8 Å². The van der Waals surface area contributed by atoms with Crippen LogP contribution in [0.25, 0.3) is 5.69 Å². The zero-order valence-electron chi connectivity index (χ0n) is 10.0. The molecule has 0 N–H and O–H groups in total. The van der Waals surface area contributed by atoms with Crippen molar-refractivity contribution in [3.8, 4) is 5.69 Å². The Bertz CT molecular complexity index is 631. The minimum Gasteiger partial charge on any atom is -0.281 e. The molecule has 2 aromatic rings. The average molecular weight is 260 g/mol. The lowest BCUT2D eigenvalue weighted by molar-refractivity contribution is 0.645. The molecule has 0 saturated heterocycles. The normalized spacial score (nSPS) is 14.3. The number of rotatable bonds is 1. The van der Waals surface area contributed by atoms with Gasteiger partial charge < -0.3 is 0 Å². The number of fused-ring (bicyclic) bond motifs is 1. The molecule has 18 heavy (non-hydrogen) atoms. The van der Waals surface area contributed by atoms with Crippen molar-refractivity contribution in [3.05, 3.63) is 63.0 Å². The van der Waals surface area contributed by atoms with Crippen LogP contribution in [-0.2, 0) is 12.8 Å². The first-order chi connectivity index (χ1) is 8.77. The third kappa shape index (κ3) is 1.87. The smallest absolute Gasteiger partial charge is 0.256 e. The monoisotopic (exact) mass is 259 g/mol. The van der Waals surface area contributed by atoms with Crippen LogP contribution in [-0.4, -0.2) is 4.57 Å². The SMILES string of the molecule is O=c1cc(Cl)c2c(n1-c1ccccc1)CCCC2. The van der Waals surface area contributed by atoms with Gasteiger partial charge in [-0.3, -0.25) is 9.36 Å². The largest absolute Gasteiger partial charge is 0.281 e. The van der Waals surface area contributed by atoms with E-state index in [9.17, 15) is 4.79 Å². The summed E-state index contributed by atoms with van der Waals surface area (Å²) in [6, 6.07) is 11.3. The number of benzene rings is 1. The first kappa shape index (κ1) is 11.5. The Balaban J connectivity index is 2.29. The van der Waals surface area contributed by atoms with E-state index in [0.717, 1.165) is 42.6 Å². The second kappa shape index (κ2) is 4.62. The summed E-state index contributed by atoms with van der Waals surface area (Å²) < 4.78 is 1.81. The predicted molar refractivity (Wildman–Crippen MR) is 73.7 cm³/mol. The maximum atomic E-state index is 12.2. The molecule has 1 aromatic heterocycles. The van der Waals surface area contributed by atoms with Gasteiger partial charge in [-0.2, -0.15) is 0 Å². The molecule has 0 unspecified atom stereocenters. The maximum Gasteiger partial charge on any atom is 0.256 e. The predicted octanol–water partition coefficient (Wildman–Crippen LogP) is 3.37. The van der Waals surface area contributed by atoms with Gasteiger partial charge in [-0.05, 0) is 43.4 Å². The van der Waals surface area contributed by atoms with E-state index < -0.39 is 0 Å². The van der Waals surface area contributed by atoms with E-state index in [1.54, 1.807) is 10.6 Å². The molecule has 0 aliphatic heterocycles. The summed E-state index contributed by atoms with van der Waals surface area (Å²) >= 11 is 6.19. The Morgan fingerprint density at radius 2 is 1.78 bits per heavy atom. The zero-order valence-corrected chi connectivity index (χ0v) is 10.8. The topological polar surface area (TPSA) is 22.0 Å². The summed E-state index contributed by atoms with van der Waals surface area (Å²) in [7, 11) is 0. The van der Waals surface area contributed by atoms with Crippen molar-refractivity contribution >= 4 is 11.6 Å². The van der Waals surface area contributed by atoms with Crippen LogP contribution < -0.4 is 5.56 Å². The maximum absolute atomic E-state index is 12.2. The second-order valence-corrected chi connectivity index (χ2v) is 5.04. The van der Waals surface area contributed by atoms with Gasteiger partial charge in [0, 0.05) is 17.4 Å². The number of hydrogen-bond acceptors (Lipinski definition) is 1. The highest BCUT2D eigenvalue weighted by molar-refractivity contribution is 6.31. The third-order valence-electron chi connectivity index (χ3n) is 3.48. The molecule has 2 nitrogen and oxygen atoms in total. The van der Waals surface area contributed by atoms with E-state index in [1.165, 1.54) is 0 Å². The van der Waals surface area contributed by atoms with Crippen molar-refractivity contribution in [2.45, 2.75) is 25.7 Å². The summed E-state index contributed by atoms with van der Waals surface area (Å²) in [4.78, 5) is 12.2. The summed E-state index contributed by atoms with van der Waals surface area (Å²) in [6.07, 6.45) is 4.18. The lowest BCUT2D eigenvalue weighted by atomic mass is 9.95. The second-order valence-electron chi connectivity index (χ2n) is 4.63. The van der Waals surface area contributed by atoms with Crippen molar-refractivity contribution in [1.29, 1.82) is 0 Å². The zero-order chi connectivity index (χ0) is 12.5. The highest BCUT2D eigenvalue weighted by Crippen LogP contribution is 2.27. The lowest BCUT2D eigenvalue weighted by Gasteiger charge is -2.22. The number of para-hydroxylation sites is 1. The number of halogens is 1. The first-order valence-electron chi connectivity index (χ1n) is 6.26. The van der Waals surface area contributed by atoms with Crippen LogP contribution in [0.1, 0.15) is 24.1 Å². The first-order valence-corrected chi connectivity index (χ1v) is 6.64. The quantitative estimate of drug-likeness (QED) is 0.770. The number of nitrogens with zero attached hydrogens (tertiary/aromatic N) is 1. The van der Waals surface area contributed by atoms with E-state index in [0.29, 0.717) is 5.02 Å². The molecule has 92 valence electrons. The fourth-order valence-electron chi connectivity index (χ4n) is 2.65. The third-order valence-corrected chi connectivity index (χ3v) is 3.82. The van der Waals surface area contributed by atoms with Gasteiger partial charge in [0.2, 0.25) is 0 Å². The molecule has 0 saturated carbocycles. The molecule has 1 heterocycles. The number of aromatic nitrogens is 1. The summed E-state index contributed by atoms with van der Waals surface area (Å²) in [5, 5.41) is 0.627. The van der Waals surface area contributed by atoms with Gasteiger partial charge in [0.15, 0.2) is 0 Å². The Labute approximate surface area is 111 Å². The standard InChI is InChI=1S/C15H14ClNO/c16-13-10-15(18)17(11-6-2-1-3-7-11)14-9-5-4-8-12(13)14/h1-3,6-7,10H,4-5,8-9H2. The molecular formula is C15H14ClNO. The van der Waals surface area contributed by atoms with Gasteiger partial charge in [0.1, 0.15) is 0 Å². The molecule has 0 atom stereocenters. The molecule has 0 amide bonds. The van der Waals surface area contributed by atoms with Crippen molar-refractivity contribution in [2.24, 2.45) is 0 Å². The van der Waals surface area contributed by atoms with Crippen molar-refractivity contribution in [2.75, 3.05) is 0 Å².